The number of sulfonamides is 1. The number of imidazole rings is 1. The number of nitrogens with zero attached hydrogens (tertiary/aromatic N) is 3. The zero-order valence-electron chi connectivity index (χ0n) is 17.2. The zero-order valence-corrected chi connectivity index (χ0v) is 18.0. The van der Waals surface area contributed by atoms with Gasteiger partial charge in [0.05, 0.1) is 15.9 Å². The quantitative estimate of drug-likeness (QED) is 0.593. The highest BCUT2D eigenvalue weighted by Gasteiger charge is 2.19. The molecule has 0 fully saturated rings. The number of rotatable bonds is 8. The molecule has 0 spiro atoms. The smallest absolute Gasteiger partial charge is 0.242 e. The molecule has 0 bridgehead atoms. The van der Waals surface area contributed by atoms with E-state index in [0.29, 0.717) is 29.9 Å². The van der Waals surface area contributed by atoms with E-state index >= 15 is 0 Å². The van der Waals surface area contributed by atoms with Gasteiger partial charge in [0.1, 0.15) is 11.6 Å². The van der Waals surface area contributed by atoms with Gasteiger partial charge in [-0.15, -0.1) is 0 Å². The summed E-state index contributed by atoms with van der Waals surface area (Å²) in [4.78, 5) is 17.0. The Labute approximate surface area is 175 Å². The summed E-state index contributed by atoms with van der Waals surface area (Å²) in [6.45, 7) is 2.73. The molecular weight excluding hydrogens is 407 g/mol. The Morgan fingerprint density at radius 2 is 1.93 bits per heavy atom. The number of hydrogen-bond donors (Lipinski definition) is 1. The van der Waals surface area contributed by atoms with Crippen LogP contribution in [-0.2, 0) is 34.3 Å². The highest BCUT2D eigenvalue weighted by molar-refractivity contribution is 7.89. The molecule has 1 aromatic heterocycles. The first-order chi connectivity index (χ1) is 14.2. The summed E-state index contributed by atoms with van der Waals surface area (Å²) < 4.78 is 41.5. The van der Waals surface area contributed by atoms with E-state index < -0.39 is 10.0 Å². The summed E-state index contributed by atoms with van der Waals surface area (Å²) in [6.07, 6.45) is 0.585. The summed E-state index contributed by atoms with van der Waals surface area (Å²) in [6, 6.07) is 11.2. The van der Waals surface area contributed by atoms with Gasteiger partial charge in [0.25, 0.3) is 0 Å². The summed E-state index contributed by atoms with van der Waals surface area (Å²) >= 11 is 0. The molecule has 0 aliphatic heterocycles. The lowest BCUT2D eigenvalue weighted by Gasteiger charge is -2.11. The Kier molecular flexibility index (Phi) is 6.52. The largest absolute Gasteiger partial charge is 0.352 e. The standard InChI is InChI=1S/C21H25FN4O3S/c1-4-26-19-10-9-16(30(28,29)25(2)3)13-18(19)24-20(26)11-12-21(27)23-14-15-7-5-6-8-17(15)22/h5-10,13H,4,11-12,14H2,1-3H3,(H,23,27). The second kappa shape index (κ2) is 8.93. The summed E-state index contributed by atoms with van der Waals surface area (Å²) in [5.41, 5.74) is 1.82. The van der Waals surface area contributed by atoms with Crippen LogP contribution >= 0.6 is 0 Å². The number of halogens is 1. The molecule has 3 aromatic rings. The average Bonchev–Trinajstić information content (AvgIpc) is 3.08. The van der Waals surface area contributed by atoms with Crippen LogP contribution in [0, 0.1) is 5.82 Å². The summed E-state index contributed by atoms with van der Waals surface area (Å²) in [7, 11) is -0.589. The van der Waals surface area contributed by atoms with Gasteiger partial charge in [-0.1, -0.05) is 18.2 Å². The fourth-order valence-corrected chi connectivity index (χ4v) is 4.15. The number of amides is 1. The first-order valence-corrected chi connectivity index (χ1v) is 11.1. The average molecular weight is 433 g/mol. The van der Waals surface area contributed by atoms with E-state index in [0.717, 1.165) is 9.82 Å². The minimum Gasteiger partial charge on any atom is -0.352 e. The van der Waals surface area contributed by atoms with E-state index in [1.807, 2.05) is 11.5 Å². The van der Waals surface area contributed by atoms with Gasteiger partial charge in [0.15, 0.2) is 0 Å². The van der Waals surface area contributed by atoms with Crippen LogP contribution in [0.3, 0.4) is 0 Å². The van der Waals surface area contributed by atoms with Crippen LogP contribution < -0.4 is 5.32 Å². The number of aryl methyl sites for hydroxylation is 2. The molecule has 0 radical (unpaired) electrons. The Hall–Kier alpha value is -2.78. The highest BCUT2D eigenvalue weighted by atomic mass is 32.2. The van der Waals surface area contributed by atoms with Crippen molar-refractivity contribution in [2.45, 2.75) is 37.8 Å². The van der Waals surface area contributed by atoms with Crippen LogP contribution in [0.1, 0.15) is 24.7 Å². The molecule has 0 unspecified atom stereocenters. The van der Waals surface area contributed by atoms with Crippen LogP contribution in [0.15, 0.2) is 47.4 Å². The Morgan fingerprint density at radius 3 is 2.60 bits per heavy atom. The third-order valence-corrected chi connectivity index (χ3v) is 6.71. The lowest BCUT2D eigenvalue weighted by molar-refractivity contribution is -0.121. The molecule has 2 aromatic carbocycles. The molecule has 0 atom stereocenters. The maximum Gasteiger partial charge on any atom is 0.242 e. The van der Waals surface area contributed by atoms with E-state index in [9.17, 15) is 17.6 Å². The number of hydrogen-bond acceptors (Lipinski definition) is 4. The second-order valence-electron chi connectivity index (χ2n) is 7.08. The first-order valence-electron chi connectivity index (χ1n) is 9.65. The SMILES string of the molecule is CCn1c(CCC(=O)NCc2ccccc2F)nc2cc(S(=O)(=O)N(C)C)ccc21. The van der Waals surface area contributed by atoms with E-state index in [2.05, 4.69) is 10.3 Å². The van der Waals surface area contributed by atoms with Gasteiger partial charge in [0, 0.05) is 45.6 Å². The summed E-state index contributed by atoms with van der Waals surface area (Å²) in [5.74, 6) is 0.144. The summed E-state index contributed by atoms with van der Waals surface area (Å²) in [5, 5.41) is 2.72. The van der Waals surface area contributed by atoms with Crippen LogP contribution in [0.2, 0.25) is 0 Å². The molecular formula is C21H25FN4O3S. The molecule has 160 valence electrons. The van der Waals surface area contributed by atoms with Crippen molar-refractivity contribution in [3.63, 3.8) is 0 Å². The normalized spacial score (nSPS) is 11.9. The maximum absolute atomic E-state index is 13.7. The van der Waals surface area contributed by atoms with Crippen molar-refractivity contribution in [3.05, 3.63) is 59.7 Å². The topological polar surface area (TPSA) is 84.3 Å². The van der Waals surface area contributed by atoms with Crippen LogP contribution in [-0.4, -0.2) is 42.3 Å². The van der Waals surface area contributed by atoms with Crippen LogP contribution in [0.5, 0.6) is 0 Å². The Bertz CT molecular complexity index is 1170. The van der Waals surface area contributed by atoms with Gasteiger partial charge < -0.3 is 9.88 Å². The molecule has 0 aliphatic carbocycles. The number of aromatic nitrogens is 2. The minimum atomic E-state index is -3.55. The van der Waals surface area contributed by atoms with Gasteiger partial charge in [-0.05, 0) is 31.2 Å². The van der Waals surface area contributed by atoms with Gasteiger partial charge in [-0.25, -0.2) is 22.1 Å². The van der Waals surface area contributed by atoms with Crippen molar-refractivity contribution in [2.24, 2.45) is 0 Å². The number of carbonyl (C=O) groups is 1. The Balaban J connectivity index is 1.74. The van der Waals surface area contributed by atoms with Gasteiger partial charge >= 0.3 is 0 Å². The van der Waals surface area contributed by atoms with E-state index in [1.165, 1.54) is 20.2 Å². The van der Waals surface area contributed by atoms with Crippen molar-refractivity contribution in [1.29, 1.82) is 0 Å². The fraction of sp³-hybridized carbons (Fsp3) is 0.333. The van der Waals surface area contributed by atoms with Crippen molar-refractivity contribution >= 4 is 27.0 Å². The number of benzene rings is 2. The molecule has 0 saturated heterocycles. The van der Waals surface area contributed by atoms with Crippen LogP contribution in [0.25, 0.3) is 11.0 Å². The molecule has 0 aliphatic rings. The third-order valence-electron chi connectivity index (χ3n) is 4.90. The van der Waals surface area contributed by atoms with Gasteiger partial charge in [-0.2, -0.15) is 0 Å². The molecule has 30 heavy (non-hydrogen) atoms. The maximum atomic E-state index is 13.7. The van der Waals surface area contributed by atoms with Crippen LogP contribution in [0.4, 0.5) is 4.39 Å². The number of nitrogens with one attached hydrogen (secondary N) is 1. The highest BCUT2D eigenvalue weighted by Crippen LogP contribution is 2.22. The predicted octanol–water partition coefficient (Wildman–Crippen LogP) is 2.69. The van der Waals surface area contributed by atoms with Crippen molar-refractivity contribution in [3.8, 4) is 0 Å². The predicted molar refractivity (Wildman–Crippen MR) is 113 cm³/mol. The lowest BCUT2D eigenvalue weighted by atomic mass is 10.2. The lowest BCUT2D eigenvalue weighted by Crippen LogP contribution is -2.24. The fourth-order valence-electron chi connectivity index (χ4n) is 3.22. The molecule has 3 rings (SSSR count). The second-order valence-corrected chi connectivity index (χ2v) is 9.23. The number of carbonyl (C=O) groups excluding carboxylic acids is 1. The Morgan fingerprint density at radius 1 is 1.20 bits per heavy atom. The first kappa shape index (κ1) is 21.9. The molecule has 1 heterocycles. The zero-order chi connectivity index (χ0) is 21.9. The monoisotopic (exact) mass is 432 g/mol. The van der Waals surface area contributed by atoms with Crippen molar-refractivity contribution in [1.82, 2.24) is 19.2 Å². The molecule has 0 saturated carbocycles. The third kappa shape index (κ3) is 4.52. The molecule has 7 nitrogen and oxygen atoms in total. The van der Waals surface area contributed by atoms with Crippen molar-refractivity contribution < 1.29 is 17.6 Å². The van der Waals surface area contributed by atoms with E-state index in [-0.39, 0.29) is 29.6 Å². The van der Waals surface area contributed by atoms with Gasteiger partial charge in [0.2, 0.25) is 15.9 Å². The minimum absolute atomic E-state index is 0.126. The molecule has 1 N–H and O–H groups in total. The van der Waals surface area contributed by atoms with E-state index in [4.69, 9.17) is 0 Å². The molecule has 1 amide bonds. The van der Waals surface area contributed by atoms with Gasteiger partial charge in [-0.3, -0.25) is 4.79 Å². The van der Waals surface area contributed by atoms with E-state index in [1.54, 1.807) is 36.4 Å². The molecule has 9 heteroatoms. The number of fused-ring (bicyclic) bond motifs is 1. The van der Waals surface area contributed by atoms with Crippen molar-refractivity contribution in [2.75, 3.05) is 14.1 Å².